The van der Waals surface area contributed by atoms with Gasteiger partial charge in [-0.05, 0) is 30.4 Å². The predicted molar refractivity (Wildman–Crippen MR) is 109 cm³/mol. The van der Waals surface area contributed by atoms with E-state index in [4.69, 9.17) is 9.47 Å². The monoisotopic (exact) mass is 418 g/mol. The molecule has 1 spiro atoms. The maximum atomic E-state index is 15.0. The molecule has 1 heterocycles. The summed E-state index contributed by atoms with van der Waals surface area (Å²) in [5.41, 5.74) is -0.0663. The number of hydrogen-bond donors (Lipinski definition) is 2. The molecule has 1 aliphatic heterocycles. The number of rotatable bonds is 5. The van der Waals surface area contributed by atoms with Crippen molar-refractivity contribution in [2.24, 2.45) is 0 Å². The Hall–Kier alpha value is -1.86. The third-order valence-electron chi connectivity index (χ3n) is 6.40. The van der Waals surface area contributed by atoms with Gasteiger partial charge in [-0.15, -0.1) is 0 Å². The van der Waals surface area contributed by atoms with Crippen LogP contribution in [0.25, 0.3) is 11.1 Å². The van der Waals surface area contributed by atoms with Crippen molar-refractivity contribution in [1.82, 2.24) is 0 Å². The van der Waals surface area contributed by atoms with Crippen molar-refractivity contribution in [1.29, 1.82) is 0 Å². The van der Waals surface area contributed by atoms with E-state index in [1.807, 2.05) is 6.92 Å². The van der Waals surface area contributed by atoms with Crippen LogP contribution < -0.4 is 0 Å². The Morgan fingerprint density at radius 2 is 1.57 bits per heavy atom. The summed E-state index contributed by atoms with van der Waals surface area (Å²) < 4.78 is 41.3. The first kappa shape index (κ1) is 21.4. The molecule has 2 aliphatic rings. The molecule has 2 aromatic carbocycles. The van der Waals surface area contributed by atoms with Gasteiger partial charge in [0.15, 0.2) is 17.4 Å². The Morgan fingerprint density at radius 3 is 2.17 bits per heavy atom. The molecule has 162 valence electrons. The highest BCUT2D eigenvalue weighted by molar-refractivity contribution is 5.65. The first-order valence-electron chi connectivity index (χ1n) is 10.6. The predicted octanol–water partition coefficient (Wildman–Crippen LogP) is 4.97. The zero-order valence-corrected chi connectivity index (χ0v) is 17.2. The summed E-state index contributed by atoms with van der Waals surface area (Å²) in [7, 11) is 0. The molecule has 1 atom stereocenters. The third-order valence-corrected chi connectivity index (χ3v) is 6.40. The largest absolute Gasteiger partial charge is 0.388 e. The first-order chi connectivity index (χ1) is 14.4. The van der Waals surface area contributed by atoms with Crippen molar-refractivity contribution < 1.29 is 28.5 Å². The summed E-state index contributed by atoms with van der Waals surface area (Å²) in [4.78, 5) is 0. The van der Waals surface area contributed by atoms with Gasteiger partial charge in [0.2, 0.25) is 0 Å². The van der Waals surface area contributed by atoms with Gasteiger partial charge in [-0.25, -0.2) is 8.78 Å². The highest BCUT2D eigenvalue weighted by Crippen LogP contribution is 2.46. The van der Waals surface area contributed by atoms with Crippen LogP contribution in [0.15, 0.2) is 36.4 Å². The van der Waals surface area contributed by atoms with Gasteiger partial charge in [-0.1, -0.05) is 49.7 Å². The van der Waals surface area contributed by atoms with Crippen LogP contribution in [0.1, 0.15) is 62.7 Å². The highest BCUT2D eigenvalue weighted by Gasteiger charge is 2.47. The van der Waals surface area contributed by atoms with Gasteiger partial charge in [0.1, 0.15) is 0 Å². The fourth-order valence-corrected chi connectivity index (χ4v) is 4.56. The lowest BCUT2D eigenvalue weighted by atomic mass is 9.76. The van der Waals surface area contributed by atoms with Crippen molar-refractivity contribution >= 4 is 0 Å². The molecule has 1 unspecified atom stereocenters. The summed E-state index contributed by atoms with van der Waals surface area (Å²) in [6.07, 6.45) is 2.30. The number of aliphatic hydroxyl groups excluding tert-OH is 1. The van der Waals surface area contributed by atoms with Crippen LogP contribution in [0.5, 0.6) is 0 Å². The number of halogens is 2. The molecule has 1 saturated carbocycles. The standard InChI is InChI=1S/C24H28F2O4/c1-2-3-20(27)17-6-4-16(5-7-17)18-8-9-19(22(26)21(18)25)23(28)10-12-24(13-11-23)29-14-15-30-24/h4-9,20,27-28H,2-3,10-15H2,1H3. The topological polar surface area (TPSA) is 58.9 Å². The first-order valence-corrected chi connectivity index (χ1v) is 10.6. The fraction of sp³-hybridized carbons (Fsp3) is 0.500. The van der Waals surface area contributed by atoms with Crippen molar-refractivity contribution in [3.05, 3.63) is 59.2 Å². The highest BCUT2D eigenvalue weighted by atomic mass is 19.2. The summed E-state index contributed by atoms with van der Waals surface area (Å²) in [6.45, 7) is 3.03. The molecule has 0 radical (unpaired) electrons. The zero-order valence-electron chi connectivity index (χ0n) is 17.2. The van der Waals surface area contributed by atoms with Gasteiger partial charge < -0.3 is 19.7 Å². The average molecular weight is 418 g/mol. The molecule has 30 heavy (non-hydrogen) atoms. The van der Waals surface area contributed by atoms with Crippen LogP contribution in [-0.4, -0.2) is 29.2 Å². The summed E-state index contributed by atoms with van der Waals surface area (Å²) in [6, 6.07) is 9.81. The SMILES string of the molecule is CCCC(O)c1ccc(-c2ccc(C3(O)CCC4(CC3)OCCO4)c(F)c2F)cc1. The van der Waals surface area contributed by atoms with Gasteiger partial charge >= 0.3 is 0 Å². The molecule has 4 rings (SSSR count). The lowest BCUT2D eigenvalue weighted by molar-refractivity contribution is -0.204. The fourth-order valence-electron chi connectivity index (χ4n) is 4.56. The average Bonchev–Trinajstić information content (AvgIpc) is 3.21. The van der Waals surface area contributed by atoms with Crippen LogP contribution in [-0.2, 0) is 15.1 Å². The van der Waals surface area contributed by atoms with E-state index in [1.54, 1.807) is 24.3 Å². The lowest BCUT2D eigenvalue weighted by Crippen LogP contribution is -2.42. The van der Waals surface area contributed by atoms with Crippen LogP contribution in [0.3, 0.4) is 0 Å². The van der Waals surface area contributed by atoms with E-state index in [1.165, 1.54) is 12.1 Å². The summed E-state index contributed by atoms with van der Waals surface area (Å²) in [5, 5.41) is 21.1. The van der Waals surface area contributed by atoms with Crippen molar-refractivity contribution in [3.63, 3.8) is 0 Å². The van der Waals surface area contributed by atoms with Gasteiger partial charge in [0, 0.05) is 24.0 Å². The normalized spacial score (nSPS) is 21.1. The molecule has 2 fully saturated rings. The van der Waals surface area contributed by atoms with Gasteiger partial charge in [0.05, 0.1) is 24.9 Å². The van der Waals surface area contributed by atoms with Crippen LogP contribution >= 0.6 is 0 Å². The van der Waals surface area contributed by atoms with Crippen LogP contribution in [0.2, 0.25) is 0 Å². The Morgan fingerprint density at radius 1 is 0.933 bits per heavy atom. The Kier molecular flexibility index (Phi) is 5.95. The van der Waals surface area contributed by atoms with Gasteiger partial charge in [-0.2, -0.15) is 0 Å². The maximum Gasteiger partial charge on any atom is 0.168 e. The molecule has 0 aromatic heterocycles. The second-order valence-electron chi connectivity index (χ2n) is 8.35. The minimum atomic E-state index is -1.45. The van der Waals surface area contributed by atoms with E-state index < -0.39 is 29.1 Å². The van der Waals surface area contributed by atoms with Crippen molar-refractivity contribution in [3.8, 4) is 11.1 Å². The minimum absolute atomic E-state index is 0.0217. The molecule has 2 aromatic rings. The molecular formula is C24H28F2O4. The molecule has 4 nitrogen and oxygen atoms in total. The third kappa shape index (κ3) is 3.89. The van der Waals surface area contributed by atoms with Gasteiger partial charge in [-0.3, -0.25) is 0 Å². The van der Waals surface area contributed by atoms with Crippen molar-refractivity contribution in [2.75, 3.05) is 13.2 Å². The molecular weight excluding hydrogens is 390 g/mol. The Labute approximate surface area is 175 Å². The van der Waals surface area contributed by atoms with Crippen LogP contribution in [0.4, 0.5) is 8.78 Å². The number of benzene rings is 2. The summed E-state index contributed by atoms with van der Waals surface area (Å²) in [5.74, 6) is -2.68. The smallest absolute Gasteiger partial charge is 0.168 e. The molecule has 0 bridgehead atoms. The number of aliphatic hydroxyl groups is 2. The number of ether oxygens (including phenoxy) is 2. The van der Waals surface area contributed by atoms with E-state index in [0.717, 1.165) is 12.0 Å². The zero-order chi connectivity index (χ0) is 21.4. The minimum Gasteiger partial charge on any atom is -0.388 e. The second kappa shape index (κ2) is 8.35. The molecule has 1 saturated heterocycles. The quantitative estimate of drug-likeness (QED) is 0.720. The van der Waals surface area contributed by atoms with Crippen molar-refractivity contribution in [2.45, 2.75) is 62.9 Å². The molecule has 2 N–H and O–H groups in total. The van der Waals surface area contributed by atoms with Gasteiger partial charge in [0.25, 0.3) is 0 Å². The second-order valence-corrected chi connectivity index (χ2v) is 8.35. The maximum absolute atomic E-state index is 15.0. The molecule has 0 amide bonds. The van der Waals surface area contributed by atoms with E-state index in [9.17, 15) is 14.6 Å². The molecule has 6 heteroatoms. The molecule has 1 aliphatic carbocycles. The van der Waals surface area contributed by atoms with E-state index >= 15 is 4.39 Å². The van der Waals surface area contributed by atoms with Crippen LogP contribution in [0, 0.1) is 11.6 Å². The summed E-state index contributed by atoms with van der Waals surface area (Å²) >= 11 is 0. The van der Waals surface area contributed by atoms with E-state index in [-0.39, 0.29) is 24.0 Å². The van der Waals surface area contributed by atoms with E-state index in [0.29, 0.717) is 38.0 Å². The Balaban J connectivity index is 1.56. The number of hydrogen-bond acceptors (Lipinski definition) is 4. The van der Waals surface area contributed by atoms with E-state index in [2.05, 4.69) is 0 Å². The lowest BCUT2D eigenvalue weighted by Gasteiger charge is -2.41. The Bertz CT molecular complexity index is 881.